The first-order valence-electron chi connectivity index (χ1n) is 5.89. The minimum absolute atomic E-state index is 0.105. The molecule has 0 unspecified atom stereocenters. The maximum Gasteiger partial charge on any atom is 0.325 e. The number of amides is 1. The Morgan fingerprint density at radius 2 is 2.28 bits per heavy atom. The van der Waals surface area contributed by atoms with Crippen molar-refractivity contribution in [3.8, 4) is 0 Å². The normalized spacial score (nSPS) is 13.6. The van der Waals surface area contributed by atoms with E-state index >= 15 is 0 Å². The van der Waals surface area contributed by atoms with Crippen LogP contribution in [0.3, 0.4) is 0 Å². The molecule has 18 heavy (non-hydrogen) atoms. The van der Waals surface area contributed by atoms with E-state index in [-0.39, 0.29) is 12.5 Å². The maximum absolute atomic E-state index is 12.0. The van der Waals surface area contributed by atoms with E-state index in [1.165, 1.54) is 12.7 Å². The summed E-state index contributed by atoms with van der Waals surface area (Å²) in [5, 5.41) is 5.80. The Balaban J connectivity index is 2.13. The molecule has 5 heteroatoms. The second-order valence-corrected chi connectivity index (χ2v) is 4.13. The molecule has 0 bridgehead atoms. The Bertz CT molecular complexity index is 471. The molecule has 0 radical (unpaired) electrons. The number of hydrogen-bond acceptors (Lipinski definition) is 4. The van der Waals surface area contributed by atoms with E-state index in [0.29, 0.717) is 12.1 Å². The summed E-state index contributed by atoms with van der Waals surface area (Å²) in [6, 6.07) is 5.68. The average Bonchev–Trinajstić information content (AvgIpc) is 2.43. The second-order valence-electron chi connectivity index (χ2n) is 4.13. The predicted molar refractivity (Wildman–Crippen MR) is 66.2 cm³/mol. The quantitative estimate of drug-likeness (QED) is 0.752. The first-order valence-corrected chi connectivity index (χ1v) is 5.89. The number of methoxy groups -OCH3 is 1. The van der Waals surface area contributed by atoms with E-state index < -0.39 is 5.97 Å². The van der Waals surface area contributed by atoms with Gasteiger partial charge >= 0.3 is 5.97 Å². The highest BCUT2D eigenvalue weighted by atomic mass is 16.5. The lowest BCUT2D eigenvalue weighted by Crippen LogP contribution is -2.33. The van der Waals surface area contributed by atoms with Crippen LogP contribution in [0.15, 0.2) is 18.2 Å². The molecular weight excluding hydrogens is 232 g/mol. The first kappa shape index (κ1) is 12.6. The number of esters is 1. The van der Waals surface area contributed by atoms with Crippen LogP contribution in [0.2, 0.25) is 0 Å². The van der Waals surface area contributed by atoms with Crippen LogP contribution < -0.4 is 10.6 Å². The first-order chi connectivity index (χ1) is 8.72. The molecule has 1 heterocycles. The molecule has 1 aromatic carbocycles. The summed E-state index contributed by atoms with van der Waals surface area (Å²) in [5.41, 5.74) is 2.84. The van der Waals surface area contributed by atoms with Gasteiger partial charge in [-0.1, -0.05) is 12.1 Å². The summed E-state index contributed by atoms with van der Waals surface area (Å²) < 4.78 is 4.48. The Morgan fingerprint density at radius 3 is 3.06 bits per heavy atom. The van der Waals surface area contributed by atoms with Gasteiger partial charge in [0.05, 0.1) is 7.11 Å². The average molecular weight is 248 g/mol. The van der Waals surface area contributed by atoms with Crippen molar-refractivity contribution in [2.24, 2.45) is 0 Å². The third-order valence-corrected chi connectivity index (χ3v) is 3.01. The van der Waals surface area contributed by atoms with Crippen LogP contribution in [-0.4, -0.2) is 32.1 Å². The molecule has 1 aromatic rings. The van der Waals surface area contributed by atoms with Crippen LogP contribution in [0.25, 0.3) is 0 Å². The fourth-order valence-electron chi connectivity index (χ4n) is 2.05. The third kappa shape index (κ3) is 2.68. The van der Waals surface area contributed by atoms with Crippen molar-refractivity contribution < 1.29 is 14.3 Å². The SMILES string of the molecule is COC(=O)CNC(=O)c1cccc2c1CNCC2. The fourth-order valence-corrected chi connectivity index (χ4v) is 2.05. The lowest BCUT2D eigenvalue weighted by molar-refractivity contribution is -0.139. The number of fused-ring (bicyclic) bond motifs is 1. The van der Waals surface area contributed by atoms with Crippen LogP contribution >= 0.6 is 0 Å². The van der Waals surface area contributed by atoms with Gasteiger partial charge in [-0.25, -0.2) is 0 Å². The van der Waals surface area contributed by atoms with E-state index in [0.717, 1.165) is 18.5 Å². The minimum Gasteiger partial charge on any atom is -0.468 e. The molecule has 1 aliphatic rings. The van der Waals surface area contributed by atoms with Gasteiger partial charge in [-0.05, 0) is 30.2 Å². The van der Waals surface area contributed by atoms with Gasteiger partial charge in [0, 0.05) is 12.1 Å². The van der Waals surface area contributed by atoms with Crippen LogP contribution in [0.5, 0.6) is 0 Å². The van der Waals surface area contributed by atoms with Gasteiger partial charge in [0.25, 0.3) is 5.91 Å². The molecule has 0 aromatic heterocycles. The number of benzene rings is 1. The van der Waals surface area contributed by atoms with Crippen molar-refractivity contribution in [3.63, 3.8) is 0 Å². The molecule has 1 aliphatic heterocycles. The van der Waals surface area contributed by atoms with E-state index in [1.807, 2.05) is 12.1 Å². The summed E-state index contributed by atoms with van der Waals surface area (Å²) >= 11 is 0. The highest BCUT2D eigenvalue weighted by molar-refractivity contribution is 5.97. The van der Waals surface area contributed by atoms with Crippen molar-refractivity contribution in [1.82, 2.24) is 10.6 Å². The van der Waals surface area contributed by atoms with Crippen molar-refractivity contribution in [1.29, 1.82) is 0 Å². The van der Waals surface area contributed by atoms with E-state index in [4.69, 9.17) is 0 Å². The molecule has 0 spiro atoms. The summed E-state index contributed by atoms with van der Waals surface area (Å²) in [6.07, 6.45) is 0.924. The maximum atomic E-state index is 12.0. The highest BCUT2D eigenvalue weighted by Gasteiger charge is 2.17. The van der Waals surface area contributed by atoms with Gasteiger partial charge in [-0.15, -0.1) is 0 Å². The Kier molecular flexibility index (Phi) is 3.94. The molecule has 0 saturated heterocycles. The van der Waals surface area contributed by atoms with Gasteiger partial charge in [0.1, 0.15) is 6.54 Å². The van der Waals surface area contributed by atoms with Gasteiger partial charge in [0.15, 0.2) is 0 Å². The summed E-state index contributed by atoms with van der Waals surface area (Å²) in [7, 11) is 1.29. The van der Waals surface area contributed by atoms with Gasteiger partial charge in [-0.2, -0.15) is 0 Å². The number of nitrogens with one attached hydrogen (secondary N) is 2. The second kappa shape index (κ2) is 5.64. The number of ether oxygens (including phenoxy) is 1. The third-order valence-electron chi connectivity index (χ3n) is 3.01. The van der Waals surface area contributed by atoms with Gasteiger partial charge in [0.2, 0.25) is 0 Å². The number of hydrogen-bond donors (Lipinski definition) is 2. The van der Waals surface area contributed by atoms with Crippen LogP contribution in [0, 0.1) is 0 Å². The van der Waals surface area contributed by atoms with Crippen LogP contribution in [-0.2, 0) is 22.5 Å². The molecule has 2 rings (SSSR count). The number of rotatable bonds is 3. The molecule has 0 atom stereocenters. The summed E-state index contributed by atoms with van der Waals surface area (Å²) in [4.78, 5) is 23.0. The highest BCUT2D eigenvalue weighted by Crippen LogP contribution is 2.18. The zero-order chi connectivity index (χ0) is 13.0. The van der Waals surface area contributed by atoms with E-state index in [9.17, 15) is 9.59 Å². The molecule has 2 N–H and O–H groups in total. The number of carbonyl (C=O) groups is 2. The van der Waals surface area contributed by atoms with Crippen molar-refractivity contribution >= 4 is 11.9 Å². The van der Waals surface area contributed by atoms with E-state index in [2.05, 4.69) is 15.4 Å². The van der Waals surface area contributed by atoms with Crippen molar-refractivity contribution in [2.45, 2.75) is 13.0 Å². The molecular formula is C13H16N2O3. The smallest absolute Gasteiger partial charge is 0.325 e. The largest absolute Gasteiger partial charge is 0.468 e. The molecule has 5 nitrogen and oxygen atoms in total. The Hall–Kier alpha value is -1.88. The standard InChI is InChI=1S/C13H16N2O3/c1-18-12(16)8-15-13(17)10-4-2-3-9-5-6-14-7-11(9)10/h2-4,14H,5-8H2,1H3,(H,15,17). The van der Waals surface area contributed by atoms with Gasteiger partial charge < -0.3 is 15.4 Å². The summed E-state index contributed by atoms with van der Waals surface area (Å²) in [6.45, 7) is 1.52. The zero-order valence-corrected chi connectivity index (χ0v) is 10.3. The predicted octanol–water partition coefficient (Wildman–Crippen LogP) is 0.235. The molecule has 96 valence electrons. The molecule has 1 amide bonds. The summed E-state index contributed by atoms with van der Waals surface area (Å²) in [5.74, 6) is -0.688. The van der Waals surface area contributed by atoms with Gasteiger partial charge in [-0.3, -0.25) is 9.59 Å². The fraction of sp³-hybridized carbons (Fsp3) is 0.385. The van der Waals surface area contributed by atoms with Crippen LogP contribution in [0.1, 0.15) is 21.5 Å². The lowest BCUT2D eigenvalue weighted by Gasteiger charge is -2.19. The molecule has 0 fully saturated rings. The van der Waals surface area contributed by atoms with Crippen molar-refractivity contribution in [3.05, 3.63) is 34.9 Å². The molecule has 0 aliphatic carbocycles. The monoisotopic (exact) mass is 248 g/mol. The Morgan fingerprint density at radius 1 is 1.44 bits per heavy atom. The van der Waals surface area contributed by atoms with Crippen LogP contribution in [0.4, 0.5) is 0 Å². The Labute approximate surface area is 106 Å². The number of carbonyl (C=O) groups excluding carboxylic acids is 2. The van der Waals surface area contributed by atoms with E-state index in [1.54, 1.807) is 6.07 Å². The zero-order valence-electron chi connectivity index (χ0n) is 10.3. The van der Waals surface area contributed by atoms with Crippen molar-refractivity contribution in [2.75, 3.05) is 20.2 Å². The minimum atomic E-state index is -0.453. The lowest BCUT2D eigenvalue weighted by atomic mass is 9.95. The topological polar surface area (TPSA) is 67.4 Å². The molecule has 0 saturated carbocycles.